The molecule has 0 spiro atoms. The molecule has 1 rings (SSSR count). The van der Waals surface area contributed by atoms with Crippen molar-refractivity contribution >= 4 is 6.08 Å². The molecule has 0 saturated heterocycles. The molecule has 1 heteroatoms. The minimum Gasteiger partial charge on any atom is -0.327 e. The second-order valence-corrected chi connectivity index (χ2v) is 5.12. The molecule has 2 N–H and O–H groups in total. The van der Waals surface area contributed by atoms with Crippen molar-refractivity contribution in [3.63, 3.8) is 0 Å². The highest BCUT2D eigenvalue weighted by molar-refractivity contribution is 5.49. The highest BCUT2D eigenvalue weighted by atomic mass is 14.5. The summed E-state index contributed by atoms with van der Waals surface area (Å²) in [6.45, 7) is 7.38. The van der Waals surface area contributed by atoms with Crippen LogP contribution in [0.4, 0.5) is 0 Å². The zero-order valence-corrected chi connectivity index (χ0v) is 9.96. The fourth-order valence-corrected chi connectivity index (χ4v) is 1.56. The number of rotatable bonds is 3. The molecule has 1 nitrogen and oxygen atoms in total. The Balaban J connectivity index is 2.68. The maximum Gasteiger partial charge on any atom is 0.0110 e. The molecule has 0 saturated carbocycles. The lowest BCUT2D eigenvalue weighted by atomic mass is 9.88. The van der Waals surface area contributed by atoms with E-state index in [1.165, 1.54) is 11.1 Å². The number of nitrogens with two attached hydrogens (primary N) is 1. The molecule has 15 heavy (non-hydrogen) atoms. The van der Waals surface area contributed by atoms with Crippen molar-refractivity contribution in [2.45, 2.75) is 27.2 Å². The Hall–Kier alpha value is -1.08. The predicted octanol–water partition coefficient (Wildman–Crippen LogP) is 3.25. The van der Waals surface area contributed by atoms with Crippen molar-refractivity contribution in [3.8, 4) is 0 Å². The summed E-state index contributed by atoms with van der Waals surface area (Å²) in [5.74, 6) is 0. The molecular formula is C14H21N. The van der Waals surface area contributed by atoms with Gasteiger partial charge in [0.2, 0.25) is 0 Å². The molecular weight excluding hydrogens is 182 g/mol. The Morgan fingerprint density at radius 3 is 2.20 bits per heavy atom. The molecule has 1 aromatic carbocycles. The van der Waals surface area contributed by atoms with E-state index in [-0.39, 0.29) is 0 Å². The normalized spacial score (nSPS) is 12.3. The van der Waals surface area contributed by atoms with Gasteiger partial charge in [0.05, 0.1) is 0 Å². The zero-order chi connectivity index (χ0) is 11.3. The topological polar surface area (TPSA) is 26.0 Å². The van der Waals surface area contributed by atoms with Gasteiger partial charge >= 0.3 is 0 Å². The first-order valence-corrected chi connectivity index (χ1v) is 5.47. The molecule has 0 aliphatic rings. The summed E-state index contributed by atoms with van der Waals surface area (Å²) in [4.78, 5) is 0. The Morgan fingerprint density at radius 1 is 1.13 bits per heavy atom. The van der Waals surface area contributed by atoms with E-state index in [1.54, 1.807) is 0 Å². The first-order valence-electron chi connectivity index (χ1n) is 5.47. The molecule has 0 amide bonds. The molecule has 0 aliphatic carbocycles. The number of benzene rings is 1. The number of hydrogen-bond acceptors (Lipinski definition) is 1. The first-order chi connectivity index (χ1) is 7.01. The van der Waals surface area contributed by atoms with E-state index in [1.807, 2.05) is 6.08 Å². The van der Waals surface area contributed by atoms with Crippen LogP contribution in [0.15, 0.2) is 30.3 Å². The van der Waals surface area contributed by atoms with E-state index < -0.39 is 0 Å². The standard InChI is InChI=1S/C14H21N/c1-14(2,3)11-13-8-6-12(7-9-13)5-4-10-15/h4-9H,10-11,15H2,1-3H3/b5-4+. The van der Waals surface area contributed by atoms with Crippen molar-refractivity contribution in [1.82, 2.24) is 0 Å². The average Bonchev–Trinajstić information content (AvgIpc) is 2.14. The Bertz CT molecular complexity index is 314. The van der Waals surface area contributed by atoms with Crippen LogP contribution in [0.5, 0.6) is 0 Å². The van der Waals surface area contributed by atoms with Gasteiger partial charge in [-0.3, -0.25) is 0 Å². The molecule has 0 bridgehead atoms. The van der Waals surface area contributed by atoms with Crippen LogP contribution in [0.1, 0.15) is 31.9 Å². The molecule has 0 radical (unpaired) electrons. The molecule has 1 aromatic rings. The molecule has 0 atom stereocenters. The maximum absolute atomic E-state index is 5.40. The summed E-state index contributed by atoms with van der Waals surface area (Å²) in [6.07, 6.45) is 5.15. The van der Waals surface area contributed by atoms with Crippen LogP contribution in [-0.2, 0) is 6.42 Å². The zero-order valence-electron chi connectivity index (χ0n) is 9.96. The monoisotopic (exact) mass is 203 g/mol. The smallest absolute Gasteiger partial charge is 0.0110 e. The van der Waals surface area contributed by atoms with Crippen molar-refractivity contribution in [1.29, 1.82) is 0 Å². The SMILES string of the molecule is CC(C)(C)Cc1ccc(/C=C/CN)cc1. The van der Waals surface area contributed by atoms with E-state index in [9.17, 15) is 0 Å². The second kappa shape index (κ2) is 5.13. The van der Waals surface area contributed by atoms with Crippen LogP contribution in [0, 0.1) is 5.41 Å². The van der Waals surface area contributed by atoms with Gasteiger partial charge in [-0.1, -0.05) is 57.2 Å². The quantitative estimate of drug-likeness (QED) is 0.801. The summed E-state index contributed by atoms with van der Waals surface area (Å²) in [6, 6.07) is 8.68. The average molecular weight is 203 g/mol. The van der Waals surface area contributed by atoms with Gasteiger partial charge in [-0.2, -0.15) is 0 Å². The van der Waals surface area contributed by atoms with Crippen molar-refractivity contribution < 1.29 is 0 Å². The lowest BCUT2D eigenvalue weighted by Gasteiger charge is -2.17. The second-order valence-electron chi connectivity index (χ2n) is 5.12. The minimum atomic E-state index is 0.356. The van der Waals surface area contributed by atoms with E-state index in [0.717, 1.165) is 6.42 Å². The van der Waals surface area contributed by atoms with Crippen LogP contribution in [0.3, 0.4) is 0 Å². The Morgan fingerprint density at radius 2 is 1.73 bits per heavy atom. The van der Waals surface area contributed by atoms with Crippen LogP contribution >= 0.6 is 0 Å². The third-order valence-corrected chi connectivity index (χ3v) is 2.16. The molecule has 0 aromatic heterocycles. The number of hydrogen-bond donors (Lipinski definition) is 1. The predicted molar refractivity (Wildman–Crippen MR) is 67.7 cm³/mol. The van der Waals surface area contributed by atoms with E-state index >= 15 is 0 Å². The van der Waals surface area contributed by atoms with Gasteiger partial charge in [0.1, 0.15) is 0 Å². The Kier molecular flexibility index (Phi) is 4.10. The molecule has 82 valence electrons. The van der Waals surface area contributed by atoms with Gasteiger partial charge in [0.25, 0.3) is 0 Å². The summed E-state index contributed by atoms with van der Waals surface area (Å²) >= 11 is 0. The van der Waals surface area contributed by atoms with Crippen LogP contribution in [-0.4, -0.2) is 6.54 Å². The highest BCUT2D eigenvalue weighted by Gasteiger charge is 2.10. The molecule has 0 unspecified atom stereocenters. The van der Waals surface area contributed by atoms with Gasteiger partial charge in [-0.25, -0.2) is 0 Å². The Labute approximate surface area is 93.0 Å². The van der Waals surface area contributed by atoms with Gasteiger partial charge in [0, 0.05) is 6.54 Å². The molecule has 0 heterocycles. The van der Waals surface area contributed by atoms with E-state index in [4.69, 9.17) is 5.73 Å². The third-order valence-electron chi connectivity index (χ3n) is 2.16. The summed E-state index contributed by atoms with van der Waals surface area (Å²) in [5.41, 5.74) is 8.37. The summed E-state index contributed by atoms with van der Waals surface area (Å²) in [7, 11) is 0. The first kappa shape index (κ1) is 12.0. The van der Waals surface area contributed by atoms with Crippen molar-refractivity contribution in [2.24, 2.45) is 11.1 Å². The minimum absolute atomic E-state index is 0.356. The fourth-order valence-electron chi connectivity index (χ4n) is 1.56. The van der Waals surface area contributed by atoms with Crippen LogP contribution < -0.4 is 5.73 Å². The van der Waals surface area contributed by atoms with Crippen LogP contribution in [0.2, 0.25) is 0 Å². The highest BCUT2D eigenvalue weighted by Crippen LogP contribution is 2.20. The molecule has 0 fully saturated rings. The third kappa shape index (κ3) is 4.80. The molecule has 0 aliphatic heterocycles. The van der Waals surface area contributed by atoms with E-state index in [2.05, 4.69) is 51.1 Å². The van der Waals surface area contributed by atoms with Gasteiger partial charge in [-0.15, -0.1) is 0 Å². The van der Waals surface area contributed by atoms with Gasteiger partial charge < -0.3 is 5.73 Å². The lowest BCUT2D eigenvalue weighted by Crippen LogP contribution is -2.08. The van der Waals surface area contributed by atoms with Gasteiger partial charge in [0.15, 0.2) is 0 Å². The van der Waals surface area contributed by atoms with Gasteiger partial charge in [-0.05, 0) is 23.0 Å². The lowest BCUT2D eigenvalue weighted by molar-refractivity contribution is 0.411. The summed E-state index contributed by atoms with van der Waals surface area (Å²) < 4.78 is 0. The van der Waals surface area contributed by atoms with Crippen molar-refractivity contribution in [3.05, 3.63) is 41.5 Å². The van der Waals surface area contributed by atoms with Crippen molar-refractivity contribution in [2.75, 3.05) is 6.54 Å². The van der Waals surface area contributed by atoms with Crippen LogP contribution in [0.25, 0.3) is 6.08 Å². The maximum atomic E-state index is 5.40. The van der Waals surface area contributed by atoms with E-state index in [0.29, 0.717) is 12.0 Å². The fraction of sp³-hybridized carbons (Fsp3) is 0.429. The largest absolute Gasteiger partial charge is 0.327 e. The summed E-state index contributed by atoms with van der Waals surface area (Å²) in [5, 5.41) is 0.